The first-order valence-corrected chi connectivity index (χ1v) is 12.8. The molecule has 2 aromatic carbocycles. The lowest BCUT2D eigenvalue weighted by molar-refractivity contribution is -0.141. The molecule has 2 amide bonds. The number of carbonyl (C=O) groups excluding carboxylic acids is 1. The summed E-state index contributed by atoms with van der Waals surface area (Å²) >= 11 is 6.00. The Morgan fingerprint density at radius 2 is 1.78 bits per heavy atom. The molecular formula is C28H21ClF6N8O2. The van der Waals surface area contributed by atoms with Gasteiger partial charge in [0.15, 0.2) is 5.69 Å². The molecule has 0 aliphatic heterocycles. The normalized spacial score (nSPS) is 12.5. The second kappa shape index (κ2) is 13.1. The largest absolute Gasteiger partial charge is 0.435 e. The minimum Gasteiger partial charge on any atom is -0.424 e. The van der Waals surface area contributed by atoms with E-state index in [1.807, 2.05) is 0 Å². The van der Waals surface area contributed by atoms with Crippen molar-refractivity contribution in [3.63, 3.8) is 0 Å². The summed E-state index contributed by atoms with van der Waals surface area (Å²) in [6.07, 6.45) is -6.14. The Morgan fingerprint density at radius 3 is 2.40 bits per heavy atom. The van der Waals surface area contributed by atoms with Crippen LogP contribution in [0.5, 0.6) is 5.75 Å². The summed E-state index contributed by atoms with van der Waals surface area (Å²) in [6.45, 7) is 4.78. The monoisotopic (exact) mass is 650 g/mol. The van der Waals surface area contributed by atoms with Gasteiger partial charge in [-0.1, -0.05) is 23.7 Å². The smallest absolute Gasteiger partial charge is 0.424 e. The van der Waals surface area contributed by atoms with Gasteiger partial charge in [0, 0.05) is 23.7 Å². The number of amidine groups is 1. The van der Waals surface area contributed by atoms with Gasteiger partial charge in [-0.15, -0.1) is 0 Å². The summed E-state index contributed by atoms with van der Waals surface area (Å²) in [5, 5.41) is 8.30. The maximum absolute atomic E-state index is 13.3. The molecule has 0 saturated heterocycles. The summed E-state index contributed by atoms with van der Waals surface area (Å²) in [7, 11) is 0. The third-order valence-corrected chi connectivity index (χ3v) is 5.98. The highest BCUT2D eigenvalue weighted by molar-refractivity contribution is 6.30. The lowest BCUT2D eigenvalue weighted by Gasteiger charge is -2.15. The van der Waals surface area contributed by atoms with Gasteiger partial charge in [-0.3, -0.25) is 0 Å². The number of ether oxygens (including phenoxy) is 1. The Bertz CT molecular complexity index is 1780. The number of hydrogen-bond donors (Lipinski definition) is 3. The second-order valence-electron chi connectivity index (χ2n) is 9.05. The minimum absolute atomic E-state index is 0.0866. The zero-order chi connectivity index (χ0) is 32.9. The number of rotatable bonds is 6. The quantitative estimate of drug-likeness (QED) is 0.114. The maximum Gasteiger partial charge on any atom is 0.435 e. The van der Waals surface area contributed by atoms with Gasteiger partial charge in [0.05, 0.1) is 28.2 Å². The van der Waals surface area contributed by atoms with Crippen molar-refractivity contribution in [1.82, 2.24) is 20.1 Å². The van der Waals surface area contributed by atoms with Gasteiger partial charge in [0.25, 0.3) is 0 Å². The molecule has 10 nitrogen and oxygen atoms in total. The van der Waals surface area contributed by atoms with Crippen molar-refractivity contribution in [1.29, 1.82) is 0 Å². The number of nitrogens with zero attached hydrogens (tertiary/aromatic N) is 5. The van der Waals surface area contributed by atoms with Crippen LogP contribution in [0.3, 0.4) is 0 Å². The first-order chi connectivity index (χ1) is 21.1. The molecule has 4 aromatic rings. The highest BCUT2D eigenvalue weighted by atomic mass is 35.5. The molecule has 2 aromatic heterocycles. The lowest BCUT2D eigenvalue weighted by atomic mass is 10.1. The van der Waals surface area contributed by atoms with Crippen LogP contribution >= 0.6 is 11.6 Å². The van der Waals surface area contributed by atoms with Crippen molar-refractivity contribution in [2.24, 2.45) is 9.98 Å². The van der Waals surface area contributed by atoms with Crippen LogP contribution in [0, 0.1) is 0 Å². The van der Waals surface area contributed by atoms with Crippen LogP contribution in [0.2, 0.25) is 5.02 Å². The van der Waals surface area contributed by atoms with Crippen LogP contribution in [0.15, 0.2) is 88.9 Å². The van der Waals surface area contributed by atoms with Crippen molar-refractivity contribution in [3.05, 3.63) is 95.2 Å². The summed E-state index contributed by atoms with van der Waals surface area (Å²) in [6, 6.07) is 9.74. The fraction of sp³-hybridized carbons (Fsp3) is 0.107. The first kappa shape index (κ1) is 32.5. The van der Waals surface area contributed by atoms with Crippen LogP contribution < -0.4 is 21.1 Å². The topological polar surface area (TPSA) is 132 Å². The summed E-state index contributed by atoms with van der Waals surface area (Å²) < 4.78 is 85.4. The molecule has 0 aliphatic carbocycles. The van der Waals surface area contributed by atoms with E-state index in [2.05, 4.69) is 37.4 Å². The molecule has 0 radical (unpaired) electrons. The molecular weight excluding hydrogens is 630 g/mol. The Labute approximate surface area is 255 Å². The highest BCUT2D eigenvalue weighted by Gasteiger charge is 2.34. The SMILES string of the molecule is C=NC(=N/C=C(\C)NC(=O)Nc1cc(C(F)(F)F)ccc1-n1ccc(C(F)(F)F)n1)Oc1ccc(-c2cc(Cl)cnc2N)cc1. The third kappa shape index (κ3) is 8.38. The van der Waals surface area contributed by atoms with Crippen molar-refractivity contribution >= 4 is 41.9 Å². The number of alkyl halides is 6. The van der Waals surface area contributed by atoms with E-state index >= 15 is 0 Å². The predicted molar refractivity (Wildman–Crippen MR) is 156 cm³/mol. The minimum atomic E-state index is -4.80. The van der Waals surface area contributed by atoms with E-state index in [0.29, 0.717) is 44.8 Å². The third-order valence-electron chi connectivity index (χ3n) is 5.77. The standard InChI is InChI=1S/C28H21ClF6N8O2/c1-15(13-39-26(37-2)45-19-6-3-16(4-7-19)20-12-18(29)14-38-24(20)36)40-25(44)41-21-11-17(27(30,31)32)5-8-22(21)43-10-9-23(42-43)28(33,34)35/h3-14H,2H2,1H3,(H2,36,38)(H2,40,41,44)/b15-13+,39-26?. The number of hydrogen-bond acceptors (Lipinski definition) is 6. The molecule has 0 saturated carbocycles. The number of aliphatic imine (C=N–C) groups is 2. The number of nitrogens with one attached hydrogen (secondary N) is 2. The Balaban J connectivity index is 1.48. The van der Waals surface area contributed by atoms with Gasteiger partial charge in [-0.05, 0) is 61.7 Å². The van der Waals surface area contributed by atoms with Crippen molar-refractivity contribution in [2.75, 3.05) is 11.1 Å². The maximum atomic E-state index is 13.3. The van der Waals surface area contributed by atoms with Crippen LogP contribution in [-0.2, 0) is 12.4 Å². The van der Waals surface area contributed by atoms with Crippen molar-refractivity contribution in [2.45, 2.75) is 19.3 Å². The average molecular weight is 651 g/mol. The van der Waals surface area contributed by atoms with E-state index < -0.39 is 35.3 Å². The lowest BCUT2D eigenvalue weighted by Crippen LogP contribution is -2.28. The molecule has 17 heteroatoms. The number of halogens is 7. The number of urea groups is 1. The van der Waals surface area contributed by atoms with Gasteiger partial charge in [-0.2, -0.15) is 31.4 Å². The fourth-order valence-corrected chi connectivity index (χ4v) is 3.88. The summed E-state index contributed by atoms with van der Waals surface area (Å²) in [4.78, 5) is 24.3. The number of nitrogen functional groups attached to an aromatic ring is 1. The van der Waals surface area contributed by atoms with Gasteiger partial charge in [-0.25, -0.2) is 24.4 Å². The molecule has 0 fully saturated rings. The average Bonchev–Trinajstić information content (AvgIpc) is 3.47. The van der Waals surface area contributed by atoms with Gasteiger partial charge in [0.1, 0.15) is 11.6 Å². The first-order valence-electron chi connectivity index (χ1n) is 12.5. The molecule has 234 valence electrons. The van der Waals surface area contributed by atoms with Crippen LogP contribution in [0.4, 0.5) is 42.6 Å². The van der Waals surface area contributed by atoms with Crippen LogP contribution in [0.25, 0.3) is 16.8 Å². The Morgan fingerprint density at radius 1 is 1.07 bits per heavy atom. The van der Waals surface area contributed by atoms with Gasteiger partial charge in [0.2, 0.25) is 0 Å². The van der Waals surface area contributed by atoms with Crippen LogP contribution in [0.1, 0.15) is 18.2 Å². The van der Waals surface area contributed by atoms with Crippen molar-refractivity contribution in [3.8, 4) is 22.6 Å². The van der Waals surface area contributed by atoms with E-state index in [0.717, 1.165) is 18.5 Å². The van der Waals surface area contributed by atoms with E-state index in [1.165, 1.54) is 13.1 Å². The number of amides is 2. The van der Waals surface area contributed by atoms with Gasteiger partial charge >= 0.3 is 24.4 Å². The zero-order valence-corrected chi connectivity index (χ0v) is 23.7. The Kier molecular flexibility index (Phi) is 9.46. The fourth-order valence-electron chi connectivity index (χ4n) is 3.73. The number of carbonyl (C=O) groups is 1. The molecule has 0 bridgehead atoms. The second-order valence-corrected chi connectivity index (χ2v) is 9.48. The molecule has 4 rings (SSSR count). The number of aromatic nitrogens is 3. The molecule has 0 atom stereocenters. The summed E-state index contributed by atoms with van der Waals surface area (Å²) in [5.74, 6) is 0.598. The van der Waals surface area contributed by atoms with E-state index in [-0.39, 0.29) is 23.2 Å². The summed E-state index contributed by atoms with van der Waals surface area (Å²) in [5.41, 5.74) is 4.18. The number of pyridine rings is 1. The molecule has 0 aliphatic rings. The van der Waals surface area contributed by atoms with E-state index in [9.17, 15) is 31.1 Å². The molecule has 0 spiro atoms. The zero-order valence-electron chi connectivity index (χ0n) is 22.9. The molecule has 0 unspecified atom stereocenters. The highest BCUT2D eigenvalue weighted by Crippen LogP contribution is 2.34. The van der Waals surface area contributed by atoms with Gasteiger partial charge < -0.3 is 21.1 Å². The number of nitrogens with two attached hydrogens (primary N) is 1. The van der Waals surface area contributed by atoms with E-state index in [4.69, 9.17) is 22.1 Å². The van der Waals surface area contributed by atoms with Crippen molar-refractivity contribution < 1.29 is 35.9 Å². The predicted octanol–water partition coefficient (Wildman–Crippen LogP) is 7.33. The molecule has 2 heterocycles. The van der Waals surface area contributed by atoms with E-state index in [1.54, 1.807) is 30.3 Å². The Hall–Kier alpha value is -5.38. The van der Waals surface area contributed by atoms with Crippen LogP contribution in [-0.4, -0.2) is 33.5 Å². The molecule has 4 N–H and O–H groups in total. The number of anilines is 2. The number of allylic oxidation sites excluding steroid dienone is 1. The number of benzene rings is 2. The molecule has 45 heavy (non-hydrogen) atoms.